The van der Waals surface area contributed by atoms with E-state index in [0.29, 0.717) is 17.0 Å². The predicted octanol–water partition coefficient (Wildman–Crippen LogP) is 3.55. The van der Waals surface area contributed by atoms with E-state index in [1.165, 1.54) is 17.3 Å². The highest BCUT2D eigenvalue weighted by Crippen LogP contribution is 2.32. The molecule has 2 amide bonds. The van der Waals surface area contributed by atoms with Crippen molar-refractivity contribution in [3.05, 3.63) is 53.6 Å². The van der Waals surface area contributed by atoms with Crippen LogP contribution in [0.25, 0.3) is 0 Å². The Morgan fingerprint density at radius 1 is 1.23 bits per heavy atom. The van der Waals surface area contributed by atoms with Crippen LogP contribution in [-0.2, 0) is 11.2 Å². The highest BCUT2D eigenvalue weighted by Gasteiger charge is 2.17. The fourth-order valence-electron chi connectivity index (χ4n) is 2.25. The molecule has 0 fully saturated rings. The van der Waals surface area contributed by atoms with Crippen molar-refractivity contribution in [3.8, 4) is 0 Å². The van der Waals surface area contributed by atoms with Gasteiger partial charge in [0.2, 0.25) is 5.91 Å². The third kappa shape index (κ3) is 3.14. The van der Waals surface area contributed by atoms with Crippen LogP contribution >= 0.6 is 11.8 Å². The lowest BCUT2D eigenvalue weighted by Crippen LogP contribution is -2.19. The second-order valence-electron chi connectivity index (χ2n) is 5.05. The van der Waals surface area contributed by atoms with E-state index in [1.54, 1.807) is 12.1 Å². The van der Waals surface area contributed by atoms with E-state index < -0.39 is 0 Å². The first kappa shape index (κ1) is 14.7. The quantitative estimate of drug-likeness (QED) is 0.911. The van der Waals surface area contributed by atoms with Gasteiger partial charge in [0.1, 0.15) is 0 Å². The molecule has 2 aromatic carbocycles. The average Bonchev–Trinajstić information content (AvgIpc) is 2.54. The average molecular weight is 312 g/mol. The Hall–Kier alpha value is -2.27. The van der Waals surface area contributed by atoms with Gasteiger partial charge in [0.25, 0.3) is 5.91 Å². The largest absolute Gasteiger partial charge is 0.324 e. The number of carbonyl (C=O) groups is 2. The van der Waals surface area contributed by atoms with E-state index in [-0.39, 0.29) is 11.8 Å². The summed E-state index contributed by atoms with van der Waals surface area (Å²) in [4.78, 5) is 24.7. The number of benzene rings is 2. The van der Waals surface area contributed by atoms with E-state index in [2.05, 4.69) is 17.6 Å². The van der Waals surface area contributed by atoms with Gasteiger partial charge in [0, 0.05) is 16.1 Å². The minimum absolute atomic E-state index is 0.0368. The maximum atomic E-state index is 12.3. The van der Waals surface area contributed by atoms with Crippen LogP contribution in [0.15, 0.2) is 47.4 Å². The lowest BCUT2D eigenvalue weighted by Gasteiger charge is -2.17. The van der Waals surface area contributed by atoms with Gasteiger partial charge in [-0.2, -0.15) is 0 Å². The van der Waals surface area contributed by atoms with Crippen molar-refractivity contribution in [1.29, 1.82) is 0 Å². The summed E-state index contributed by atoms with van der Waals surface area (Å²) < 4.78 is 0. The van der Waals surface area contributed by atoms with Gasteiger partial charge in [-0.3, -0.25) is 9.59 Å². The molecule has 0 aromatic heterocycles. The second kappa shape index (κ2) is 6.23. The van der Waals surface area contributed by atoms with E-state index >= 15 is 0 Å². The highest BCUT2D eigenvalue weighted by molar-refractivity contribution is 8.00. The molecule has 0 saturated carbocycles. The molecule has 1 heterocycles. The third-order valence-corrected chi connectivity index (χ3v) is 4.57. The number of fused-ring (bicyclic) bond motifs is 1. The number of hydrogen-bond acceptors (Lipinski definition) is 3. The Morgan fingerprint density at radius 3 is 2.73 bits per heavy atom. The molecule has 0 radical (unpaired) electrons. The molecule has 1 aliphatic heterocycles. The van der Waals surface area contributed by atoms with Crippen molar-refractivity contribution in [2.75, 3.05) is 16.4 Å². The summed E-state index contributed by atoms with van der Waals surface area (Å²) in [5, 5.41) is 5.66. The molecular weight excluding hydrogens is 296 g/mol. The number of carbonyl (C=O) groups excluding carboxylic acids is 2. The molecule has 1 aliphatic rings. The van der Waals surface area contributed by atoms with Crippen molar-refractivity contribution in [3.63, 3.8) is 0 Å². The zero-order valence-electron chi connectivity index (χ0n) is 12.2. The Morgan fingerprint density at radius 2 is 2.00 bits per heavy atom. The summed E-state index contributed by atoms with van der Waals surface area (Å²) >= 11 is 1.48. The van der Waals surface area contributed by atoms with Gasteiger partial charge in [0.15, 0.2) is 0 Å². The molecule has 0 aliphatic carbocycles. The number of thioether (sulfide) groups is 1. The molecule has 22 heavy (non-hydrogen) atoms. The normalized spacial score (nSPS) is 13.2. The Labute approximate surface area is 133 Å². The minimum atomic E-state index is -0.183. The second-order valence-corrected chi connectivity index (χ2v) is 6.07. The molecule has 0 spiro atoms. The molecular formula is C17H16N2O2S. The molecule has 4 nitrogen and oxygen atoms in total. The number of aryl methyl sites for hydroxylation is 1. The topological polar surface area (TPSA) is 58.2 Å². The maximum Gasteiger partial charge on any atom is 0.255 e. The van der Waals surface area contributed by atoms with Crippen LogP contribution in [0.1, 0.15) is 22.8 Å². The van der Waals surface area contributed by atoms with Crippen molar-refractivity contribution in [2.24, 2.45) is 0 Å². The Kier molecular flexibility index (Phi) is 4.15. The summed E-state index contributed by atoms with van der Waals surface area (Å²) in [6.45, 7) is 2.09. The van der Waals surface area contributed by atoms with Gasteiger partial charge >= 0.3 is 0 Å². The SMILES string of the molecule is CCc1ccc(NC(=O)c2ccc3c(c2)NC(=O)CS3)cc1. The number of nitrogens with one attached hydrogen (secondary N) is 2. The van der Waals surface area contributed by atoms with Crippen molar-refractivity contribution in [2.45, 2.75) is 18.2 Å². The molecule has 2 N–H and O–H groups in total. The predicted molar refractivity (Wildman–Crippen MR) is 89.6 cm³/mol. The molecule has 0 bridgehead atoms. The number of anilines is 2. The smallest absolute Gasteiger partial charge is 0.255 e. The van der Waals surface area contributed by atoms with Gasteiger partial charge < -0.3 is 10.6 Å². The number of rotatable bonds is 3. The zero-order chi connectivity index (χ0) is 15.5. The monoisotopic (exact) mass is 312 g/mol. The molecule has 2 aromatic rings. The molecule has 0 unspecified atom stereocenters. The van der Waals surface area contributed by atoms with Crippen LogP contribution in [0.5, 0.6) is 0 Å². The summed E-state index contributed by atoms with van der Waals surface area (Å²) in [5.41, 5.74) is 3.22. The van der Waals surface area contributed by atoms with Crippen molar-refractivity contribution < 1.29 is 9.59 Å². The number of hydrogen-bond donors (Lipinski definition) is 2. The van der Waals surface area contributed by atoms with E-state index in [9.17, 15) is 9.59 Å². The van der Waals surface area contributed by atoms with Crippen LogP contribution in [0.2, 0.25) is 0 Å². The van der Waals surface area contributed by atoms with Crippen LogP contribution < -0.4 is 10.6 Å². The summed E-state index contributed by atoms with van der Waals surface area (Å²) in [5.74, 6) is 0.199. The van der Waals surface area contributed by atoms with Gasteiger partial charge in [0.05, 0.1) is 11.4 Å². The molecule has 0 atom stereocenters. The Balaban J connectivity index is 1.77. The van der Waals surface area contributed by atoms with E-state index in [0.717, 1.165) is 17.0 Å². The first-order chi connectivity index (χ1) is 10.7. The fraction of sp³-hybridized carbons (Fsp3) is 0.176. The van der Waals surface area contributed by atoms with Crippen LogP contribution in [0, 0.1) is 0 Å². The summed E-state index contributed by atoms with van der Waals surface area (Å²) in [6, 6.07) is 13.2. The zero-order valence-corrected chi connectivity index (χ0v) is 13.0. The van der Waals surface area contributed by atoms with Crippen LogP contribution in [0.3, 0.4) is 0 Å². The molecule has 5 heteroatoms. The van der Waals surface area contributed by atoms with E-state index in [4.69, 9.17) is 0 Å². The lowest BCUT2D eigenvalue weighted by molar-refractivity contribution is -0.113. The highest BCUT2D eigenvalue weighted by atomic mass is 32.2. The first-order valence-corrected chi connectivity index (χ1v) is 8.11. The van der Waals surface area contributed by atoms with Crippen molar-refractivity contribution in [1.82, 2.24) is 0 Å². The maximum absolute atomic E-state index is 12.3. The van der Waals surface area contributed by atoms with Crippen LogP contribution in [0.4, 0.5) is 11.4 Å². The number of amides is 2. The van der Waals surface area contributed by atoms with Crippen molar-refractivity contribution >= 4 is 35.0 Å². The van der Waals surface area contributed by atoms with Gasteiger partial charge in [-0.05, 0) is 42.3 Å². The minimum Gasteiger partial charge on any atom is -0.324 e. The Bertz CT molecular complexity index is 726. The van der Waals surface area contributed by atoms with E-state index in [1.807, 2.05) is 30.3 Å². The first-order valence-electron chi connectivity index (χ1n) is 7.12. The third-order valence-electron chi connectivity index (χ3n) is 3.49. The summed E-state index contributed by atoms with van der Waals surface area (Å²) in [7, 11) is 0. The van der Waals surface area contributed by atoms with Crippen LogP contribution in [-0.4, -0.2) is 17.6 Å². The fourth-order valence-corrected chi connectivity index (χ4v) is 3.04. The summed E-state index contributed by atoms with van der Waals surface area (Å²) in [6.07, 6.45) is 0.969. The lowest BCUT2D eigenvalue weighted by atomic mass is 10.1. The molecule has 0 saturated heterocycles. The van der Waals surface area contributed by atoms with Gasteiger partial charge in [-0.15, -0.1) is 11.8 Å². The van der Waals surface area contributed by atoms with Gasteiger partial charge in [-0.1, -0.05) is 19.1 Å². The molecule has 3 rings (SSSR count). The standard InChI is InChI=1S/C17H16N2O2S/c1-2-11-3-6-13(7-4-11)18-17(21)12-5-8-15-14(9-12)19-16(20)10-22-15/h3-9H,2,10H2,1H3,(H,18,21)(H,19,20). The molecule has 112 valence electrons. The van der Waals surface area contributed by atoms with Gasteiger partial charge in [-0.25, -0.2) is 0 Å².